The molecule has 0 radical (unpaired) electrons. The number of amides is 2. The van der Waals surface area contributed by atoms with Gasteiger partial charge in [-0.15, -0.1) is 0 Å². The quantitative estimate of drug-likeness (QED) is 0.410. The number of carbonyl (C=O) groups excluding carboxylic acids is 2. The fourth-order valence-corrected chi connectivity index (χ4v) is 3.63. The SMILES string of the molecule is CNC(=O)c1cccc(OC2=CC(O)N(C)C(Nc3ccc(I)cc3F)=C2C(N)=O)c1C. The van der Waals surface area contributed by atoms with Crippen molar-refractivity contribution in [1.82, 2.24) is 10.2 Å². The molecule has 2 aromatic rings. The van der Waals surface area contributed by atoms with Crippen LogP contribution in [-0.4, -0.2) is 42.1 Å². The van der Waals surface area contributed by atoms with Gasteiger partial charge in [0.05, 0.1) is 5.69 Å². The molecule has 1 unspecified atom stereocenters. The second-order valence-corrected chi connectivity index (χ2v) is 8.25. The number of carbonyl (C=O) groups is 2. The molecule has 0 spiro atoms. The van der Waals surface area contributed by atoms with E-state index in [0.717, 1.165) is 0 Å². The maximum atomic E-state index is 14.4. The van der Waals surface area contributed by atoms with Crippen molar-refractivity contribution in [3.63, 3.8) is 0 Å². The van der Waals surface area contributed by atoms with Gasteiger partial charge in [0.25, 0.3) is 11.8 Å². The van der Waals surface area contributed by atoms with E-state index in [9.17, 15) is 19.1 Å². The number of nitrogens with two attached hydrogens (primary N) is 1. The minimum absolute atomic E-state index is 0.0197. The normalized spacial score (nSPS) is 15.9. The van der Waals surface area contributed by atoms with E-state index in [1.807, 2.05) is 22.6 Å². The van der Waals surface area contributed by atoms with Gasteiger partial charge in [-0.05, 0) is 59.8 Å². The minimum atomic E-state index is -1.19. The Morgan fingerprint density at radius 3 is 2.62 bits per heavy atom. The van der Waals surface area contributed by atoms with Crippen LogP contribution in [0.25, 0.3) is 0 Å². The lowest BCUT2D eigenvalue weighted by atomic mass is 10.1. The topological polar surface area (TPSA) is 117 Å². The van der Waals surface area contributed by atoms with Gasteiger partial charge in [0.15, 0.2) is 6.23 Å². The van der Waals surface area contributed by atoms with Crippen molar-refractivity contribution in [1.29, 1.82) is 0 Å². The molecule has 2 amide bonds. The number of primary amides is 1. The summed E-state index contributed by atoms with van der Waals surface area (Å²) in [7, 11) is 3.03. The highest BCUT2D eigenvalue weighted by molar-refractivity contribution is 14.1. The molecular weight excluding hydrogens is 530 g/mol. The van der Waals surface area contributed by atoms with Gasteiger partial charge in [0.2, 0.25) is 0 Å². The number of ether oxygens (including phenoxy) is 1. The molecular formula is C22H22FIN4O4. The first-order valence-corrected chi connectivity index (χ1v) is 10.6. The van der Waals surface area contributed by atoms with Crippen LogP contribution in [0.5, 0.6) is 5.75 Å². The van der Waals surface area contributed by atoms with Crippen LogP contribution in [0, 0.1) is 16.3 Å². The Bertz CT molecular complexity index is 1150. The Kier molecular flexibility index (Phi) is 7.04. The number of benzene rings is 2. The van der Waals surface area contributed by atoms with Gasteiger partial charge in [-0.25, -0.2) is 4.39 Å². The van der Waals surface area contributed by atoms with E-state index >= 15 is 0 Å². The van der Waals surface area contributed by atoms with Gasteiger partial charge in [-0.3, -0.25) is 9.59 Å². The summed E-state index contributed by atoms with van der Waals surface area (Å²) in [6.07, 6.45) is 0.117. The second kappa shape index (κ2) is 9.57. The number of rotatable bonds is 6. The van der Waals surface area contributed by atoms with Crippen LogP contribution in [0.15, 0.2) is 59.6 Å². The molecule has 1 aliphatic heterocycles. The number of likely N-dealkylation sites (N-methyl/N-ethyl adjacent to an activating group) is 1. The fourth-order valence-electron chi connectivity index (χ4n) is 3.17. The van der Waals surface area contributed by atoms with Gasteiger partial charge in [-0.1, -0.05) is 6.07 Å². The molecule has 1 atom stereocenters. The van der Waals surface area contributed by atoms with Crippen molar-refractivity contribution in [2.24, 2.45) is 5.73 Å². The average Bonchev–Trinajstić information content (AvgIpc) is 2.74. The maximum Gasteiger partial charge on any atom is 0.256 e. The molecule has 0 fully saturated rings. The molecule has 0 saturated heterocycles. The van der Waals surface area contributed by atoms with Crippen LogP contribution in [-0.2, 0) is 4.79 Å². The summed E-state index contributed by atoms with van der Waals surface area (Å²) in [4.78, 5) is 25.8. The third kappa shape index (κ3) is 4.70. The predicted octanol–water partition coefficient (Wildman–Crippen LogP) is 2.43. The van der Waals surface area contributed by atoms with Gasteiger partial charge in [0.1, 0.15) is 28.7 Å². The Morgan fingerprint density at radius 2 is 2.00 bits per heavy atom. The van der Waals surface area contributed by atoms with Crippen molar-refractivity contribution < 1.29 is 23.8 Å². The van der Waals surface area contributed by atoms with Gasteiger partial charge in [-0.2, -0.15) is 0 Å². The largest absolute Gasteiger partial charge is 0.456 e. The van der Waals surface area contributed by atoms with E-state index in [4.69, 9.17) is 10.5 Å². The van der Waals surface area contributed by atoms with Crippen molar-refractivity contribution in [3.05, 3.63) is 80.1 Å². The summed E-state index contributed by atoms with van der Waals surface area (Å²) < 4.78 is 21.1. The van der Waals surface area contributed by atoms with E-state index in [0.29, 0.717) is 20.4 Å². The van der Waals surface area contributed by atoms with E-state index in [1.165, 1.54) is 37.2 Å². The van der Waals surface area contributed by atoms with Crippen molar-refractivity contribution >= 4 is 40.1 Å². The zero-order valence-electron chi connectivity index (χ0n) is 17.6. The number of halogens is 2. The third-order valence-corrected chi connectivity index (χ3v) is 5.61. The molecule has 1 aliphatic rings. The summed E-state index contributed by atoms with van der Waals surface area (Å²) in [5, 5.41) is 15.9. The van der Waals surface area contributed by atoms with Gasteiger partial charge in [0, 0.05) is 34.9 Å². The number of hydrogen-bond donors (Lipinski definition) is 4. The Balaban J connectivity index is 2.06. The second-order valence-electron chi connectivity index (χ2n) is 7.00. The summed E-state index contributed by atoms with van der Waals surface area (Å²) in [6.45, 7) is 1.69. The van der Waals surface area contributed by atoms with Crippen LogP contribution in [0.3, 0.4) is 0 Å². The molecule has 0 saturated carbocycles. The molecule has 0 aromatic heterocycles. The van der Waals surface area contributed by atoms with E-state index in [-0.39, 0.29) is 28.7 Å². The number of anilines is 1. The molecule has 32 heavy (non-hydrogen) atoms. The third-order valence-electron chi connectivity index (χ3n) is 4.94. The summed E-state index contributed by atoms with van der Waals surface area (Å²) in [5.41, 5.74) is 6.57. The first kappa shape index (κ1) is 23.5. The highest BCUT2D eigenvalue weighted by Crippen LogP contribution is 2.31. The number of nitrogens with one attached hydrogen (secondary N) is 2. The first-order valence-electron chi connectivity index (χ1n) is 9.52. The number of nitrogens with zero attached hydrogens (tertiary/aromatic N) is 1. The molecule has 0 aliphatic carbocycles. The lowest BCUT2D eigenvalue weighted by Gasteiger charge is -2.33. The zero-order valence-corrected chi connectivity index (χ0v) is 19.7. The Morgan fingerprint density at radius 1 is 1.28 bits per heavy atom. The lowest BCUT2D eigenvalue weighted by molar-refractivity contribution is -0.114. The molecule has 10 heteroatoms. The first-order chi connectivity index (χ1) is 15.1. The standard InChI is InChI=1S/C22H22FIN4O4/c1-11-13(22(31)26-2)5-4-6-16(11)32-17-10-18(29)28(3)21(19(17)20(25)30)27-15-8-7-12(24)9-14(15)23/h4-10,18,27,29H,1-3H3,(H2,25,30)(H,26,31). The van der Waals surface area contributed by atoms with Crippen LogP contribution in [0.2, 0.25) is 0 Å². The Hall–Kier alpha value is -3.12. The summed E-state index contributed by atoms with van der Waals surface area (Å²) in [5.74, 6) is -1.33. The molecule has 5 N–H and O–H groups in total. The smallest absolute Gasteiger partial charge is 0.256 e. The number of aliphatic hydroxyl groups excluding tert-OH is 1. The van der Waals surface area contributed by atoms with Gasteiger partial charge < -0.3 is 31.1 Å². The predicted molar refractivity (Wildman–Crippen MR) is 126 cm³/mol. The number of hydrogen-bond acceptors (Lipinski definition) is 6. The fraction of sp³-hybridized carbons (Fsp3) is 0.182. The highest BCUT2D eigenvalue weighted by atomic mass is 127. The van der Waals surface area contributed by atoms with Crippen LogP contribution in [0.4, 0.5) is 10.1 Å². The maximum absolute atomic E-state index is 14.4. The van der Waals surface area contributed by atoms with E-state index in [1.54, 1.807) is 31.2 Å². The van der Waals surface area contributed by atoms with Crippen molar-refractivity contribution in [2.75, 3.05) is 19.4 Å². The lowest BCUT2D eigenvalue weighted by Crippen LogP contribution is -2.40. The molecule has 1 heterocycles. The van der Waals surface area contributed by atoms with Crippen molar-refractivity contribution in [2.45, 2.75) is 13.2 Å². The minimum Gasteiger partial charge on any atom is -0.456 e. The van der Waals surface area contributed by atoms with Crippen LogP contribution < -0.4 is 21.1 Å². The molecule has 2 aromatic carbocycles. The molecule has 168 valence electrons. The van der Waals surface area contributed by atoms with E-state index in [2.05, 4.69) is 10.6 Å². The van der Waals surface area contributed by atoms with Crippen LogP contribution >= 0.6 is 22.6 Å². The molecule has 0 bridgehead atoms. The van der Waals surface area contributed by atoms with Crippen LogP contribution in [0.1, 0.15) is 15.9 Å². The van der Waals surface area contributed by atoms with E-state index < -0.39 is 18.0 Å². The van der Waals surface area contributed by atoms with Crippen molar-refractivity contribution in [3.8, 4) is 5.75 Å². The Labute approximate surface area is 198 Å². The molecule has 8 nitrogen and oxygen atoms in total. The van der Waals surface area contributed by atoms with Gasteiger partial charge >= 0.3 is 0 Å². The number of aliphatic hydroxyl groups is 1. The highest BCUT2D eigenvalue weighted by Gasteiger charge is 2.31. The molecule has 3 rings (SSSR count). The zero-order chi connectivity index (χ0) is 23.6. The monoisotopic (exact) mass is 552 g/mol. The summed E-state index contributed by atoms with van der Waals surface area (Å²) >= 11 is 1.98. The average molecular weight is 552 g/mol. The summed E-state index contributed by atoms with van der Waals surface area (Å²) in [6, 6.07) is 9.42.